The topological polar surface area (TPSA) is 69.7 Å². The van der Waals surface area contributed by atoms with Gasteiger partial charge in [-0.1, -0.05) is 60.7 Å². The maximum Gasteiger partial charge on any atom is 0.217 e. The van der Waals surface area contributed by atoms with Gasteiger partial charge in [-0.2, -0.15) is 0 Å². The fourth-order valence-corrected chi connectivity index (χ4v) is 2.93. The number of hydrogen-bond acceptors (Lipinski definition) is 5. The fourth-order valence-electron chi connectivity index (χ4n) is 2.46. The maximum absolute atomic E-state index is 10.7. The lowest BCUT2D eigenvalue weighted by Crippen LogP contribution is -2.33. The predicted molar refractivity (Wildman–Crippen MR) is 87.2 cm³/mol. The number of hydrogen-bond donors (Lipinski definition) is 0. The largest absolute Gasteiger partial charge is 0.726 e. The number of benzene rings is 2. The lowest BCUT2D eigenvalue weighted by atomic mass is 10.1. The van der Waals surface area contributed by atoms with Crippen LogP contribution in [0.4, 0.5) is 0 Å². The van der Waals surface area contributed by atoms with Crippen molar-refractivity contribution >= 4 is 10.4 Å². The highest BCUT2D eigenvalue weighted by Crippen LogP contribution is 2.12. The second-order valence-corrected chi connectivity index (χ2v) is 6.46. The van der Waals surface area contributed by atoms with Gasteiger partial charge in [-0.15, -0.1) is 0 Å². The smallest absolute Gasteiger partial charge is 0.217 e. The molecule has 0 N–H and O–H groups in total. The van der Waals surface area contributed by atoms with E-state index >= 15 is 0 Å². The predicted octanol–water partition coefficient (Wildman–Crippen LogP) is 2.55. The molecule has 0 fully saturated rings. The summed E-state index contributed by atoms with van der Waals surface area (Å²) in [5.41, 5.74) is 2.22. The van der Waals surface area contributed by atoms with Crippen LogP contribution in [-0.2, 0) is 27.7 Å². The van der Waals surface area contributed by atoms with Gasteiger partial charge in [-0.3, -0.25) is 9.08 Å². The Kier molecular flexibility index (Phi) is 6.29. The molecule has 0 saturated heterocycles. The molecule has 23 heavy (non-hydrogen) atoms. The Morgan fingerprint density at radius 1 is 0.957 bits per heavy atom. The zero-order valence-corrected chi connectivity index (χ0v) is 13.8. The second kappa shape index (κ2) is 8.21. The van der Waals surface area contributed by atoms with Crippen LogP contribution >= 0.6 is 0 Å². The van der Waals surface area contributed by atoms with E-state index < -0.39 is 16.5 Å². The minimum Gasteiger partial charge on any atom is -0.726 e. The van der Waals surface area contributed by atoms with E-state index in [1.165, 1.54) is 0 Å². The van der Waals surface area contributed by atoms with Crippen LogP contribution in [0.25, 0.3) is 0 Å². The summed E-state index contributed by atoms with van der Waals surface area (Å²) in [6, 6.07) is 19.7. The van der Waals surface area contributed by atoms with Crippen molar-refractivity contribution in [1.29, 1.82) is 0 Å². The average molecular weight is 334 g/mol. The Balaban J connectivity index is 2.07. The molecule has 0 amide bonds. The van der Waals surface area contributed by atoms with Gasteiger partial charge in [0.25, 0.3) is 0 Å². The molecule has 0 radical (unpaired) electrons. The van der Waals surface area contributed by atoms with Crippen molar-refractivity contribution < 1.29 is 17.2 Å². The molecular formula is C17H20NO4S-. The Hall–Kier alpha value is -1.73. The van der Waals surface area contributed by atoms with Crippen LogP contribution in [0.3, 0.4) is 0 Å². The monoisotopic (exact) mass is 334 g/mol. The van der Waals surface area contributed by atoms with Crippen molar-refractivity contribution in [1.82, 2.24) is 4.90 Å². The Morgan fingerprint density at radius 3 is 1.78 bits per heavy atom. The summed E-state index contributed by atoms with van der Waals surface area (Å²) < 4.78 is 36.7. The number of nitrogens with zero attached hydrogens (tertiary/aromatic N) is 1. The molecule has 0 unspecified atom stereocenters. The molecule has 0 bridgehead atoms. The molecule has 2 rings (SSSR count). The molecule has 6 heteroatoms. The van der Waals surface area contributed by atoms with Gasteiger partial charge in [0.05, 0.1) is 6.10 Å². The molecule has 0 aliphatic heterocycles. The molecule has 124 valence electrons. The summed E-state index contributed by atoms with van der Waals surface area (Å²) in [7, 11) is -4.69. The minimum absolute atomic E-state index is 0.339. The maximum atomic E-state index is 10.7. The highest BCUT2D eigenvalue weighted by atomic mass is 32.3. The first-order chi connectivity index (χ1) is 10.9. The third kappa shape index (κ3) is 6.92. The molecule has 0 heterocycles. The van der Waals surface area contributed by atoms with E-state index in [0.29, 0.717) is 19.6 Å². The Labute approximate surface area is 137 Å². The summed E-state index contributed by atoms with van der Waals surface area (Å²) in [5.74, 6) is 0. The quantitative estimate of drug-likeness (QED) is 0.548. The number of rotatable bonds is 8. The summed E-state index contributed by atoms with van der Waals surface area (Å²) in [6.07, 6.45) is -0.704. The van der Waals surface area contributed by atoms with E-state index in [1.807, 2.05) is 60.7 Å². The highest BCUT2D eigenvalue weighted by molar-refractivity contribution is 7.80. The van der Waals surface area contributed by atoms with Crippen LogP contribution in [0.2, 0.25) is 0 Å². The third-order valence-corrected chi connectivity index (χ3v) is 3.86. The summed E-state index contributed by atoms with van der Waals surface area (Å²) in [4.78, 5) is 2.06. The average Bonchev–Trinajstić information content (AvgIpc) is 2.47. The van der Waals surface area contributed by atoms with Gasteiger partial charge in [0, 0.05) is 19.6 Å². The van der Waals surface area contributed by atoms with E-state index in [9.17, 15) is 13.0 Å². The minimum atomic E-state index is -4.69. The molecule has 5 nitrogen and oxygen atoms in total. The van der Waals surface area contributed by atoms with Crippen LogP contribution < -0.4 is 0 Å². The van der Waals surface area contributed by atoms with Crippen molar-refractivity contribution in [3.63, 3.8) is 0 Å². The van der Waals surface area contributed by atoms with Crippen LogP contribution in [-0.4, -0.2) is 30.5 Å². The van der Waals surface area contributed by atoms with E-state index in [1.54, 1.807) is 6.92 Å². The van der Waals surface area contributed by atoms with Gasteiger partial charge >= 0.3 is 0 Å². The first kappa shape index (κ1) is 17.6. The SMILES string of the molecule is C[C@H](CN(Cc1ccccc1)Cc1ccccc1)OS(=O)(=O)[O-]. The van der Waals surface area contributed by atoms with Crippen molar-refractivity contribution in [2.75, 3.05) is 6.54 Å². The van der Waals surface area contributed by atoms with Crippen molar-refractivity contribution in [3.05, 3.63) is 71.8 Å². The highest BCUT2D eigenvalue weighted by Gasteiger charge is 2.14. The summed E-state index contributed by atoms with van der Waals surface area (Å²) in [5, 5.41) is 0. The van der Waals surface area contributed by atoms with Gasteiger partial charge in [-0.05, 0) is 18.1 Å². The summed E-state index contributed by atoms with van der Waals surface area (Å²) >= 11 is 0. The molecular weight excluding hydrogens is 314 g/mol. The lowest BCUT2D eigenvalue weighted by molar-refractivity contribution is 0.126. The first-order valence-corrected chi connectivity index (χ1v) is 8.70. The fraction of sp³-hybridized carbons (Fsp3) is 0.294. The van der Waals surface area contributed by atoms with Gasteiger partial charge in [0.15, 0.2) is 0 Å². The van der Waals surface area contributed by atoms with Gasteiger partial charge in [-0.25, -0.2) is 8.42 Å². The molecule has 0 aliphatic carbocycles. The molecule has 0 aromatic heterocycles. The Morgan fingerprint density at radius 2 is 1.39 bits per heavy atom. The third-order valence-electron chi connectivity index (χ3n) is 3.30. The van der Waals surface area contributed by atoms with Crippen LogP contribution in [0.15, 0.2) is 60.7 Å². The van der Waals surface area contributed by atoms with Crippen molar-refractivity contribution in [3.8, 4) is 0 Å². The van der Waals surface area contributed by atoms with Crippen LogP contribution in [0.1, 0.15) is 18.1 Å². The molecule has 2 aromatic carbocycles. The molecule has 0 spiro atoms. The molecule has 2 aromatic rings. The van der Waals surface area contributed by atoms with Gasteiger partial charge in [0.1, 0.15) is 0 Å². The van der Waals surface area contributed by atoms with E-state index in [2.05, 4.69) is 9.08 Å². The standard InChI is InChI=1S/C17H21NO4S/c1-15(22-23(19,20)21)12-18(13-16-8-4-2-5-9-16)14-17-10-6-3-7-11-17/h2-11,15H,12-14H2,1H3,(H,19,20,21)/p-1/t15-/m1/s1. The molecule has 0 saturated carbocycles. The Bertz CT molecular complexity index is 648. The first-order valence-electron chi connectivity index (χ1n) is 7.37. The zero-order valence-electron chi connectivity index (χ0n) is 13.0. The van der Waals surface area contributed by atoms with Crippen LogP contribution in [0.5, 0.6) is 0 Å². The van der Waals surface area contributed by atoms with E-state index in [0.717, 1.165) is 11.1 Å². The van der Waals surface area contributed by atoms with Crippen LogP contribution in [0, 0.1) is 0 Å². The molecule has 1 atom stereocenters. The van der Waals surface area contributed by atoms with Gasteiger partial charge in [0.2, 0.25) is 10.4 Å². The zero-order chi connectivity index (χ0) is 16.7. The van der Waals surface area contributed by atoms with Crippen molar-refractivity contribution in [2.24, 2.45) is 0 Å². The lowest BCUT2D eigenvalue weighted by Gasteiger charge is -2.26. The normalized spacial score (nSPS) is 13.2. The van der Waals surface area contributed by atoms with Gasteiger partial charge < -0.3 is 4.55 Å². The van der Waals surface area contributed by atoms with Crippen molar-refractivity contribution in [2.45, 2.75) is 26.1 Å². The second-order valence-electron chi connectivity index (χ2n) is 5.46. The molecule has 0 aliphatic rings. The van der Waals surface area contributed by atoms with E-state index in [-0.39, 0.29) is 0 Å². The van der Waals surface area contributed by atoms with E-state index in [4.69, 9.17) is 0 Å². The summed E-state index contributed by atoms with van der Waals surface area (Å²) in [6.45, 7) is 3.20.